The molecule has 0 radical (unpaired) electrons. The molecule has 4 aromatic rings. The molecule has 4 rings (SSSR count). The highest BCUT2D eigenvalue weighted by Gasteiger charge is 2.17. The number of nitrogens with one attached hydrogen (secondary N) is 1. The van der Waals surface area contributed by atoms with Crippen molar-refractivity contribution in [3.63, 3.8) is 0 Å². The molecule has 0 saturated heterocycles. The summed E-state index contributed by atoms with van der Waals surface area (Å²) in [5, 5.41) is 7.51. The number of ether oxygens (including phenoxy) is 1. The molecule has 2 aromatic heterocycles. The number of halogens is 1. The summed E-state index contributed by atoms with van der Waals surface area (Å²) in [4.78, 5) is 21.2. The Morgan fingerprint density at radius 2 is 1.75 bits per heavy atom. The lowest BCUT2D eigenvalue weighted by Gasteiger charge is -2.12. The lowest BCUT2D eigenvalue weighted by molar-refractivity contribution is 0.101. The van der Waals surface area contributed by atoms with Crippen molar-refractivity contribution < 1.29 is 9.53 Å². The average molecular weight is 394 g/mol. The van der Waals surface area contributed by atoms with Gasteiger partial charge in [-0.2, -0.15) is 4.98 Å². The fourth-order valence-corrected chi connectivity index (χ4v) is 2.92. The van der Waals surface area contributed by atoms with E-state index in [0.29, 0.717) is 28.0 Å². The van der Waals surface area contributed by atoms with E-state index in [1.165, 1.54) is 4.52 Å². The molecule has 8 heteroatoms. The third-order valence-electron chi connectivity index (χ3n) is 4.01. The van der Waals surface area contributed by atoms with E-state index in [2.05, 4.69) is 20.4 Å². The largest absolute Gasteiger partial charge is 0.454 e. The van der Waals surface area contributed by atoms with Crippen molar-refractivity contribution in [3.05, 3.63) is 76.8 Å². The lowest BCUT2D eigenvalue weighted by Crippen LogP contribution is -2.14. The molecule has 2 heterocycles. The number of benzene rings is 2. The van der Waals surface area contributed by atoms with Crippen LogP contribution in [0.1, 0.15) is 22.0 Å². The zero-order valence-corrected chi connectivity index (χ0v) is 15.9. The van der Waals surface area contributed by atoms with Crippen molar-refractivity contribution in [1.82, 2.24) is 19.6 Å². The number of hydrogen-bond donors (Lipinski definition) is 1. The summed E-state index contributed by atoms with van der Waals surface area (Å²) in [6.07, 6.45) is 0. The first-order chi connectivity index (χ1) is 13.5. The van der Waals surface area contributed by atoms with E-state index in [-0.39, 0.29) is 5.82 Å². The summed E-state index contributed by atoms with van der Waals surface area (Å²) < 4.78 is 7.40. The lowest BCUT2D eigenvalue weighted by atomic mass is 10.2. The molecule has 28 heavy (non-hydrogen) atoms. The van der Waals surface area contributed by atoms with Gasteiger partial charge in [0.05, 0.1) is 10.7 Å². The van der Waals surface area contributed by atoms with Crippen LogP contribution in [-0.2, 0) is 0 Å². The van der Waals surface area contributed by atoms with E-state index >= 15 is 0 Å². The van der Waals surface area contributed by atoms with Crippen molar-refractivity contribution in [2.45, 2.75) is 13.8 Å². The molecule has 1 N–H and O–H groups in total. The molecule has 140 valence electrons. The molecule has 0 bridgehead atoms. The van der Waals surface area contributed by atoms with Crippen LogP contribution in [0.5, 0.6) is 11.5 Å². The molecule has 0 fully saturated rings. The molecular weight excluding hydrogens is 378 g/mol. The fourth-order valence-electron chi connectivity index (χ4n) is 2.75. The van der Waals surface area contributed by atoms with Crippen LogP contribution in [0.2, 0.25) is 5.02 Å². The minimum absolute atomic E-state index is 0.0220. The molecule has 1 amide bonds. The monoisotopic (exact) mass is 393 g/mol. The molecule has 0 spiro atoms. The summed E-state index contributed by atoms with van der Waals surface area (Å²) in [7, 11) is 0. The molecule has 7 nitrogen and oxygen atoms in total. The minimum atomic E-state index is -0.460. The second kappa shape index (κ2) is 7.28. The number of aryl methyl sites for hydroxylation is 2. The van der Waals surface area contributed by atoms with Crippen molar-refractivity contribution in [2.24, 2.45) is 0 Å². The maximum Gasteiger partial charge on any atom is 0.295 e. The van der Waals surface area contributed by atoms with Crippen LogP contribution in [-0.4, -0.2) is 25.5 Å². The van der Waals surface area contributed by atoms with E-state index < -0.39 is 5.91 Å². The van der Waals surface area contributed by atoms with E-state index in [0.717, 1.165) is 11.4 Å². The maximum atomic E-state index is 12.7. The van der Waals surface area contributed by atoms with Crippen molar-refractivity contribution in [2.75, 3.05) is 5.32 Å². The smallest absolute Gasteiger partial charge is 0.295 e. The van der Waals surface area contributed by atoms with Crippen LogP contribution < -0.4 is 10.1 Å². The number of rotatable bonds is 4. The van der Waals surface area contributed by atoms with Crippen LogP contribution in [0.4, 0.5) is 5.69 Å². The van der Waals surface area contributed by atoms with Crippen LogP contribution in [0.15, 0.2) is 54.6 Å². The number of carbonyl (C=O) groups is 1. The summed E-state index contributed by atoms with van der Waals surface area (Å²) in [5.74, 6) is 0.889. The number of para-hydroxylation sites is 3. The van der Waals surface area contributed by atoms with Crippen molar-refractivity contribution in [3.8, 4) is 11.5 Å². The molecule has 0 atom stereocenters. The van der Waals surface area contributed by atoms with Crippen LogP contribution in [0.3, 0.4) is 0 Å². The SMILES string of the molecule is Cc1cc(C)n2nc(C(=O)Nc3ccccc3Oc3ccccc3Cl)nc2n1. The van der Waals surface area contributed by atoms with Crippen LogP contribution in [0.25, 0.3) is 5.78 Å². The first kappa shape index (κ1) is 17.9. The Morgan fingerprint density at radius 1 is 1.04 bits per heavy atom. The number of carbonyl (C=O) groups excluding carboxylic acids is 1. The Morgan fingerprint density at radius 3 is 2.54 bits per heavy atom. The highest BCUT2D eigenvalue weighted by molar-refractivity contribution is 6.32. The van der Waals surface area contributed by atoms with Gasteiger partial charge in [0.1, 0.15) is 5.75 Å². The van der Waals surface area contributed by atoms with Crippen molar-refractivity contribution in [1.29, 1.82) is 0 Å². The molecular formula is C20H16ClN5O2. The Bertz CT molecular complexity index is 1190. The number of anilines is 1. The fraction of sp³-hybridized carbons (Fsp3) is 0.100. The van der Waals surface area contributed by atoms with Gasteiger partial charge >= 0.3 is 0 Å². The standard InChI is InChI=1S/C20H16ClN5O2/c1-12-11-13(2)26-20(22-12)24-18(25-26)19(27)23-15-8-4-6-10-17(15)28-16-9-5-3-7-14(16)21/h3-11H,1-2H3,(H,23,27). The minimum Gasteiger partial charge on any atom is -0.454 e. The first-order valence-electron chi connectivity index (χ1n) is 8.55. The van der Waals surface area contributed by atoms with Crippen LogP contribution >= 0.6 is 11.6 Å². The van der Waals surface area contributed by atoms with Gasteiger partial charge in [-0.3, -0.25) is 4.79 Å². The highest BCUT2D eigenvalue weighted by Crippen LogP contribution is 2.33. The molecule has 0 unspecified atom stereocenters. The Hall–Kier alpha value is -3.45. The third kappa shape index (κ3) is 3.52. The van der Waals surface area contributed by atoms with E-state index in [1.54, 1.807) is 36.4 Å². The van der Waals surface area contributed by atoms with Gasteiger partial charge in [0.25, 0.3) is 11.7 Å². The zero-order valence-electron chi connectivity index (χ0n) is 15.2. The van der Waals surface area contributed by atoms with Gasteiger partial charge in [-0.15, -0.1) is 5.10 Å². The van der Waals surface area contributed by atoms with E-state index in [4.69, 9.17) is 16.3 Å². The molecule has 0 aliphatic heterocycles. The molecule has 2 aromatic carbocycles. The summed E-state index contributed by atoms with van der Waals surface area (Å²) >= 11 is 6.16. The summed E-state index contributed by atoms with van der Waals surface area (Å²) in [5.41, 5.74) is 2.13. The quantitative estimate of drug-likeness (QED) is 0.554. The third-order valence-corrected chi connectivity index (χ3v) is 4.33. The van der Waals surface area contributed by atoms with Crippen molar-refractivity contribution >= 4 is 29.0 Å². The number of hydrogen-bond acceptors (Lipinski definition) is 5. The van der Waals surface area contributed by atoms with E-state index in [9.17, 15) is 4.79 Å². The second-order valence-electron chi connectivity index (χ2n) is 6.17. The molecule has 0 aliphatic rings. The Balaban J connectivity index is 1.62. The second-order valence-corrected chi connectivity index (χ2v) is 6.58. The summed E-state index contributed by atoms with van der Waals surface area (Å²) in [6, 6.07) is 16.1. The number of fused-ring (bicyclic) bond motifs is 1. The highest BCUT2D eigenvalue weighted by atomic mass is 35.5. The number of amides is 1. The zero-order chi connectivity index (χ0) is 19.7. The first-order valence-corrected chi connectivity index (χ1v) is 8.93. The van der Waals surface area contributed by atoms with E-state index in [1.807, 2.05) is 32.0 Å². The number of nitrogens with zero attached hydrogens (tertiary/aromatic N) is 4. The van der Waals surface area contributed by atoms with Gasteiger partial charge in [-0.05, 0) is 44.2 Å². The van der Waals surface area contributed by atoms with Gasteiger partial charge in [0.15, 0.2) is 5.75 Å². The molecule has 0 aliphatic carbocycles. The van der Waals surface area contributed by atoms with Gasteiger partial charge < -0.3 is 10.1 Å². The Kier molecular flexibility index (Phi) is 4.67. The van der Waals surface area contributed by atoms with Crippen LogP contribution in [0, 0.1) is 13.8 Å². The van der Waals surface area contributed by atoms with Gasteiger partial charge in [0.2, 0.25) is 5.82 Å². The Labute approximate surface area is 166 Å². The van der Waals surface area contributed by atoms with Gasteiger partial charge in [-0.25, -0.2) is 9.50 Å². The van der Waals surface area contributed by atoms with Gasteiger partial charge in [-0.1, -0.05) is 35.9 Å². The molecule has 0 saturated carbocycles. The predicted molar refractivity (Wildman–Crippen MR) is 106 cm³/mol. The maximum absolute atomic E-state index is 12.7. The topological polar surface area (TPSA) is 81.4 Å². The summed E-state index contributed by atoms with van der Waals surface area (Å²) in [6.45, 7) is 3.74. The average Bonchev–Trinajstić information content (AvgIpc) is 3.10. The normalized spacial score (nSPS) is 10.8. The van der Waals surface area contributed by atoms with Gasteiger partial charge in [0, 0.05) is 11.4 Å². The predicted octanol–water partition coefficient (Wildman–Crippen LogP) is 4.44. The number of aromatic nitrogens is 4.